The van der Waals surface area contributed by atoms with Gasteiger partial charge < -0.3 is 15.2 Å². The number of nitrogens with one attached hydrogen (secondary N) is 1. The fourth-order valence-electron chi connectivity index (χ4n) is 2.04. The van der Waals surface area contributed by atoms with Crippen LogP contribution < -0.4 is 5.32 Å². The summed E-state index contributed by atoms with van der Waals surface area (Å²) in [5.74, 6) is 0.0207. The van der Waals surface area contributed by atoms with Crippen molar-refractivity contribution in [1.82, 2.24) is 5.32 Å². The van der Waals surface area contributed by atoms with Crippen LogP contribution in [0.5, 0.6) is 0 Å². The monoisotopic (exact) mass is 229 g/mol. The average molecular weight is 229 g/mol. The predicted molar refractivity (Wildman–Crippen MR) is 62.1 cm³/mol. The second-order valence-corrected chi connectivity index (χ2v) is 4.85. The maximum Gasteiger partial charge on any atom is 0.226 e. The average Bonchev–Trinajstić information content (AvgIpc) is 2.65. The molecule has 1 aliphatic rings. The molecule has 94 valence electrons. The van der Waals surface area contributed by atoms with Crippen LogP contribution in [0.1, 0.15) is 40.0 Å². The van der Waals surface area contributed by atoms with Crippen molar-refractivity contribution in [3.63, 3.8) is 0 Å². The second-order valence-electron chi connectivity index (χ2n) is 4.85. The smallest absolute Gasteiger partial charge is 0.226 e. The molecule has 1 amide bonds. The van der Waals surface area contributed by atoms with Gasteiger partial charge in [0.25, 0.3) is 0 Å². The van der Waals surface area contributed by atoms with Crippen LogP contribution >= 0.6 is 0 Å². The second kappa shape index (κ2) is 5.64. The first-order valence-electron chi connectivity index (χ1n) is 6.07. The van der Waals surface area contributed by atoms with Gasteiger partial charge in [0.1, 0.15) is 0 Å². The standard InChI is InChI=1S/C12H23NO3/c1-4-12(3,6-7-14)13-11(15)10-5-8-16-9(10)2/h9-10,14H,4-8H2,1-3H3,(H,13,15). The van der Waals surface area contributed by atoms with Crippen molar-refractivity contribution in [3.8, 4) is 0 Å². The first-order chi connectivity index (χ1) is 7.52. The van der Waals surface area contributed by atoms with Crippen molar-refractivity contribution in [1.29, 1.82) is 0 Å². The summed E-state index contributed by atoms with van der Waals surface area (Å²) < 4.78 is 5.38. The number of carbonyl (C=O) groups excluding carboxylic acids is 1. The fourth-order valence-corrected chi connectivity index (χ4v) is 2.04. The van der Waals surface area contributed by atoms with Gasteiger partial charge in [-0.15, -0.1) is 0 Å². The third-order valence-corrected chi connectivity index (χ3v) is 3.58. The highest BCUT2D eigenvalue weighted by Crippen LogP contribution is 2.23. The van der Waals surface area contributed by atoms with E-state index >= 15 is 0 Å². The number of aliphatic hydroxyl groups is 1. The van der Waals surface area contributed by atoms with Gasteiger partial charge in [0.05, 0.1) is 12.0 Å². The van der Waals surface area contributed by atoms with Crippen LogP contribution in [0.2, 0.25) is 0 Å². The number of ether oxygens (including phenoxy) is 1. The summed E-state index contributed by atoms with van der Waals surface area (Å²) in [6.45, 7) is 6.70. The maximum absolute atomic E-state index is 12.0. The first kappa shape index (κ1) is 13.5. The summed E-state index contributed by atoms with van der Waals surface area (Å²) in [7, 11) is 0. The Morgan fingerprint density at radius 1 is 1.62 bits per heavy atom. The summed E-state index contributed by atoms with van der Waals surface area (Å²) in [6, 6.07) is 0. The number of hydrogen-bond acceptors (Lipinski definition) is 3. The van der Waals surface area contributed by atoms with Crippen molar-refractivity contribution < 1.29 is 14.6 Å². The Hall–Kier alpha value is -0.610. The van der Waals surface area contributed by atoms with Crippen LogP contribution in [0.4, 0.5) is 0 Å². The van der Waals surface area contributed by atoms with Crippen molar-refractivity contribution in [2.45, 2.75) is 51.7 Å². The van der Waals surface area contributed by atoms with E-state index in [1.165, 1.54) is 0 Å². The minimum atomic E-state index is -0.297. The maximum atomic E-state index is 12.0. The molecule has 2 N–H and O–H groups in total. The Morgan fingerprint density at radius 2 is 2.31 bits per heavy atom. The lowest BCUT2D eigenvalue weighted by Crippen LogP contribution is -2.49. The quantitative estimate of drug-likeness (QED) is 0.741. The molecule has 0 aromatic carbocycles. The molecule has 4 nitrogen and oxygen atoms in total. The highest BCUT2D eigenvalue weighted by Gasteiger charge is 2.34. The van der Waals surface area contributed by atoms with Gasteiger partial charge in [-0.05, 0) is 33.1 Å². The number of carbonyl (C=O) groups is 1. The van der Waals surface area contributed by atoms with Crippen LogP contribution in [0, 0.1) is 5.92 Å². The van der Waals surface area contributed by atoms with Crippen molar-refractivity contribution in [2.75, 3.05) is 13.2 Å². The van der Waals surface area contributed by atoms with E-state index in [0.29, 0.717) is 13.0 Å². The molecule has 0 radical (unpaired) electrons. The lowest BCUT2D eigenvalue weighted by atomic mass is 9.92. The van der Waals surface area contributed by atoms with E-state index in [2.05, 4.69) is 5.32 Å². The molecule has 1 saturated heterocycles. The van der Waals surface area contributed by atoms with Gasteiger partial charge in [0.2, 0.25) is 5.91 Å². The van der Waals surface area contributed by atoms with Gasteiger partial charge >= 0.3 is 0 Å². The van der Waals surface area contributed by atoms with E-state index in [-0.39, 0.29) is 30.1 Å². The molecule has 0 saturated carbocycles. The Labute approximate surface area is 97.4 Å². The van der Waals surface area contributed by atoms with Crippen LogP contribution in [-0.4, -0.2) is 35.9 Å². The molecule has 1 rings (SSSR count). The summed E-state index contributed by atoms with van der Waals surface area (Å²) in [4.78, 5) is 12.0. The molecule has 3 atom stereocenters. The Bertz CT molecular complexity index is 244. The van der Waals surface area contributed by atoms with Gasteiger partial charge in [-0.1, -0.05) is 6.92 Å². The molecule has 16 heavy (non-hydrogen) atoms. The molecule has 0 aromatic heterocycles. The third-order valence-electron chi connectivity index (χ3n) is 3.58. The van der Waals surface area contributed by atoms with Gasteiger partial charge in [-0.25, -0.2) is 0 Å². The zero-order valence-electron chi connectivity index (χ0n) is 10.5. The van der Waals surface area contributed by atoms with E-state index in [1.807, 2.05) is 20.8 Å². The Morgan fingerprint density at radius 3 is 2.75 bits per heavy atom. The molecule has 3 unspecified atom stereocenters. The zero-order valence-corrected chi connectivity index (χ0v) is 10.5. The van der Waals surface area contributed by atoms with Crippen LogP contribution in [0.25, 0.3) is 0 Å². The zero-order chi connectivity index (χ0) is 12.2. The summed E-state index contributed by atoms with van der Waals surface area (Å²) in [5.41, 5.74) is -0.297. The number of rotatable bonds is 5. The summed E-state index contributed by atoms with van der Waals surface area (Å²) >= 11 is 0. The largest absolute Gasteiger partial charge is 0.396 e. The van der Waals surface area contributed by atoms with E-state index < -0.39 is 0 Å². The molecule has 0 aromatic rings. The van der Waals surface area contributed by atoms with E-state index in [9.17, 15) is 4.79 Å². The molecule has 0 spiro atoms. The summed E-state index contributed by atoms with van der Waals surface area (Å²) in [6.07, 6.45) is 2.22. The van der Waals surface area contributed by atoms with Gasteiger partial charge in [-0.2, -0.15) is 0 Å². The number of amides is 1. The highest BCUT2D eigenvalue weighted by atomic mass is 16.5. The molecule has 0 bridgehead atoms. The molecule has 0 aliphatic carbocycles. The lowest BCUT2D eigenvalue weighted by Gasteiger charge is -2.30. The van der Waals surface area contributed by atoms with Gasteiger partial charge in [-0.3, -0.25) is 4.79 Å². The molecular weight excluding hydrogens is 206 g/mol. The normalized spacial score (nSPS) is 28.8. The van der Waals surface area contributed by atoms with E-state index in [4.69, 9.17) is 9.84 Å². The van der Waals surface area contributed by atoms with Crippen molar-refractivity contribution >= 4 is 5.91 Å². The number of aliphatic hydroxyl groups excluding tert-OH is 1. The van der Waals surface area contributed by atoms with E-state index in [0.717, 1.165) is 12.8 Å². The summed E-state index contributed by atoms with van der Waals surface area (Å²) in [5, 5.41) is 12.0. The molecular formula is C12H23NO3. The van der Waals surface area contributed by atoms with Gasteiger partial charge in [0, 0.05) is 18.8 Å². The molecule has 4 heteroatoms. The van der Waals surface area contributed by atoms with Crippen molar-refractivity contribution in [3.05, 3.63) is 0 Å². The third kappa shape index (κ3) is 3.19. The predicted octanol–water partition coefficient (Wildman–Crippen LogP) is 1.08. The molecule has 1 heterocycles. The fraction of sp³-hybridized carbons (Fsp3) is 0.917. The first-order valence-corrected chi connectivity index (χ1v) is 6.07. The minimum Gasteiger partial charge on any atom is -0.396 e. The topological polar surface area (TPSA) is 58.6 Å². The van der Waals surface area contributed by atoms with Crippen LogP contribution in [0.3, 0.4) is 0 Å². The molecule has 1 aliphatic heterocycles. The van der Waals surface area contributed by atoms with E-state index in [1.54, 1.807) is 0 Å². The molecule has 1 fully saturated rings. The Balaban J connectivity index is 2.54. The lowest BCUT2D eigenvalue weighted by molar-refractivity contribution is -0.128. The minimum absolute atomic E-state index is 0.00947. The highest BCUT2D eigenvalue weighted by molar-refractivity contribution is 5.80. The SMILES string of the molecule is CCC(C)(CCO)NC(=O)C1CCOC1C. The van der Waals surface area contributed by atoms with Gasteiger partial charge in [0.15, 0.2) is 0 Å². The Kier molecular flexibility index (Phi) is 4.74. The van der Waals surface area contributed by atoms with Crippen molar-refractivity contribution in [2.24, 2.45) is 5.92 Å². The van der Waals surface area contributed by atoms with Crippen LogP contribution in [-0.2, 0) is 9.53 Å². The van der Waals surface area contributed by atoms with Crippen LogP contribution in [0.15, 0.2) is 0 Å². The number of hydrogen-bond donors (Lipinski definition) is 2.